The second-order valence-corrected chi connectivity index (χ2v) is 36.7. The maximum Gasteiger partial charge on any atom is 0.163 e. The Balaban J connectivity index is 0.000000110. The molecule has 0 unspecified atom stereocenters. The minimum atomic E-state index is -0.0836. The Labute approximate surface area is 648 Å². The standard InChI is InChI=1S/C25H33N3O2S.C25H29N3O2S.C21H27N3OS.C13H24.C4H4O2/c2*29-20-12-18(13-20)28-11-8-23-24(16-28)31-25(26-23)17-4-6-21(7-5-17)30-22-14-19(15-22)27-9-2-1-3-10-27;1-2-10-24(11-3-1)16-12-18(13-16)25-17-6-4-15(5-7-17)21-23-19-8-9-22-14-20(19)26-21;1-3-7-12(8-4-1)11-13-9-5-2-6-10-13;5-3-1-4(6)2-3/h4-7,18-20,22,29H,1-3,8-16H2;4-7,12,19,22H,1-3,8-11,13-16H2;4-7,16,18,22H,1-3,8-14H2;12-13H,1-11H2;1,5H,2H2/p-1. The molecule has 3 aromatic carbocycles. The number of fused-ring (bicyclic) bond motifs is 3. The first-order chi connectivity index (χ1) is 52.5. The van der Waals surface area contributed by atoms with E-state index in [4.69, 9.17) is 29.2 Å². The highest BCUT2D eigenvalue weighted by Gasteiger charge is 2.40. The van der Waals surface area contributed by atoms with Gasteiger partial charge in [-0.05, 0) is 188 Å². The Morgan fingerprint density at radius 1 is 0.430 bits per heavy atom. The van der Waals surface area contributed by atoms with Crippen LogP contribution in [-0.2, 0) is 48.5 Å². The number of nitrogens with zero attached hydrogens (tertiary/aromatic N) is 8. The number of thiazole rings is 3. The molecule has 0 amide bonds. The summed E-state index contributed by atoms with van der Waals surface area (Å²) in [6.07, 6.45) is 46.0. The molecule has 0 atom stereocenters. The zero-order valence-corrected chi connectivity index (χ0v) is 65.8. The van der Waals surface area contributed by atoms with E-state index in [9.17, 15) is 19.8 Å². The van der Waals surface area contributed by atoms with Gasteiger partial charge >= 0.3 is 0 Å². The number of carbonyl (C=O) groups is 2. The number of piperidine rings is 3. The number of aromatic nitrogens is 3. The van der Waals surface area contributed by atoms with E-state index >= 15 is 0 Å². The van der Waals surface area contributed by atoms with Crippen LogP contribution in [0.3, 0.4) is 0 Å². The third-order valence-electron chi connectivity index (χ3n) is 25.7. The van der Waals surface area contributed by atoms with Gasteiger partial charge in [0.1, 0.15) is 50.6 Å². The fraction of sp³-hybridized carbons (Fsp3) is 0.625. The zero-order valence-electron chi connectivity index (χ0n) is 63.4. The molecule has 3 saturated heterocycles. The first-order valence-electron chi connectivity index (χ1n) is 42.0. The van der Waals surface area contributed by atoms with Gasteiger partial charge in [0.2, 0.25) is 0 Å². The van der Waals surface area contributed by atoms with E-state index in [0.29, 0.717) is 30.8 Å². The van der Waals surface area contributed by atoms with Crippen LogP contribution in [0.5, 0.6) is 17.2 Å². The quantitative estimate of drug-likeness (QED) is 0.0936. The second kappa shape index (κ2) is 36.1. The van der Waals surface area contributed by atoms with Crippen LogP contribution in [0.1, 0.15) is 224 Å². The van der Waals surface area contributed by atoms with Crippen molar-refractivity contribution in [2.24, 2.45) is 11.8 Å². The Kier molecular flexibility index (Phi) is 25.4. The maximum atomic E-state index is 11.3. The van der Waals surface area contributed by atoms with E-state index in [2.05, 4.69) is 103 Å². The molecule has 3 aromatic heterocycles. The van der Waals surface area contributed by atoms with Crippen molar-refractivity contribution in [1.29, 1.82) is 0 Å². The molecule has 20 rings (SSSR count). The van der Waals surface area contributed by atoms with E-state index in [-0.39, 0.29) is 29.9 Å². The smallest absolute Gasteiger partial charge is 0.163 e. The molecular formula is C88H116N9O7S3-. The molecule has 8 aliphatic carbocycles. The highest BCUT2D eigenvalue weighted by molar-refractivity contribution is 7.15. The number of ketones is 2. The van der Waals surface area contributed by atoms with Crippen LogP contribution in [-0.4, -0.2) is 164 Å². The van der Waals surface area contributed by atoms with Crippen LogP contribution in [0.2, 0.25) is 0 Å². The van der Waals surface area contributed by atoms with Crippen molar-refractivity contribution in [3.8, 4) is 49.0 Å². The normalized spacial score (nSPS) is 27.5. The molecular weight excluding hydrogens is 1390 g/mol. The van der Waals surface area contributed by atoms with Crippen molar-refractivity contribution in [2.75, 3.05) is 58.9 Å². The average molecular weight is 1510 g/mol. The van der Waals surface area contributed by atoms with Crippen molar-refractivity contribution in [3.63, 3.8) is 0 Å². The monoisotopic (exact) mass is 1510 g/mol. The molecule has 0 spiro atoms. The van der Waals surface area contributed by atoms with Crippen LogP contribution in [0.25, 0.3) is 31.7 Å². The molecule has 107 heavy (non-hydrogen) atoms. The first-order valence-corrected chi connectivity index (χ1v) is 44.5. The molecule has 6 saturated carbocycles. The highest BCUT2D eigenvalue weighted by atomic mass is 32.1. The number of benzene rings is 3. The summed E-state index contributed by atoms with van der Waals surface area (Å²) in [5.74, 6) is 5.37. The number of aliphatic hydroxyl groups is 1. The average Bonchev–Trinajstić information content (AvgIpc) is 1.73. The van der Waals surface area contributed by atoms with Crippen LogP contribution in [0.15, 0.2) is 96.4 Å². The predicted molar refractivity (Wildman–Crippen MR) is 427 cm³/mol. The molecule has 9 fully saturated rings. The Hall–Kier alpha value is -5.87. The van der Waals surface area contributed by atoms with Gasteiger partial charge in [-0.15, -0.1) is 39.8 Å². The summed E-state index contributed by atoms with van der Waals surface area (Å²) in [5.41, 5.74) is 8.52. The lowest BCUT2D eigenvalue weighted by Crippen LogP contribution is -2.50. The fourth-order valence-electron chi connectivity index (χ4n) is 18.8. The molecule has 16 nitrogen and oxygen atoms in total. The van der Waals surface area contributed by atoms with Crippen LogP contribution >= 0.6 is 34.0 Å². The predicted octanol–water partition coefficient (Wildman–Crippen LogP) is 16.1. The highest BCUT2D eigenvalue weighted by Crippen LogP contribution is 2.42. The van der Waals surface area contributed by atoms with Gasteiger partial charge in [-0.1, -0.05) is 83.5 Å². The summed E-state index contributed by atoms with van der Waals surface area (Å²) in [4.78, 5) is 52.8. The number of likely N-dealkylation sites (tertiary alicyclic amines) is 3. The molecule has 14 aliphatic rings. The van der Waals surface area contributed by atoms with E-state index in [1.165, 1.54) is 223 Å². The van der Waals surface area contributed by atoms with Gasteiger partial charge in [0, 0.05) is 164 Å². The number of rotatable bonds is 16. The maximum absolute atomic E-state index is 11.3. The minimum Gasteiger partial charge on any atom is -0.875 e. The van der Waals surface area contributed by atoms with E-state index < -0.39 is 0 Å². The number of carbonyl (C=O) groups excluding carboxylic acids is 2. The molecule has 9 heterocycles. The summed E-state index contributed by atoms with van der Waals surface area (Å²) >= 11 is 5.44. The molecule has 0 radical (unpaired) electrons. The zero-order chi connectivity index (χ0) is 72.4. The van der Waals surface area contributed by atoms with Gasteiger partial charge < -0.3 is 49.3 Å². The fourth-order valence-corrected chi connectivity index (χ4v) is 22.1. The summed E-state index contributed by atoms with van der Waals surface area (Å²) < 4.78 is 18.7. The van der Waals surface area contributed by atoms with E-state index in [1.54, 1.807) is 49.5 Å². The van der Waals surface area contributed by atoms with Gasteiger partial charge in [-0.2, -0.15) is 0 Å². The van der Waals surface area contributed by atoms with E-state index in [0.717, 1.165) is 145 Å². The number of nitrogens with one attached hydrogen (secondary N) is 1. The lowest BCUT2D eigenvalue weighted by Gasteiger charge is -2.44. The van der Waals surface area contributed by atoms with Crippen molar-refractivity contribution in [2.45, 2.75) is 280 Å². The first kappa shape index (κ1) is 75.2. The second-order valence-electron chi connectivity index (χ2n) is 33.5. The molecule has 2 N–H and O–H groups in total. The number of hydrogen-bond donors (Lipinski definition) is 2. The SMILES string of the molecule is C1CCC(CC2CCCCC2)CC1.O=C1C=C(N2CCc3nc(-c4ccc(OC5CC(N6CCCCC6)C5)cc4)sc3C2)C1.O=C1C=C([O-])C1.OC1CC(N2CCc3nc(-c4ccc(OC5CC(N6CCCCC6)C5)cc4)sc3C2)C1.c1cc(-c2nc3c(s2)CNCC3)ccc1OC1CC(N2CCCCC2)C1. The number of ether oxygens (including phenoxy) is 3. The number of aliphatic hydroxyl groups excluding tert-OH is 1. The van der Waals surface area contributed by atoms with Crippen molar-refractivity contribution >= 4 is 45.6 Å². The molecule has 19 heteroatoms. The summed E-state index contributed by atoms with van der Waals surface area (Å²) in [7, 11) is 0. The molecule has 0 bridgehead atoms. The number of hydrogen-bond acceptors (Lipinski definition) is 19. The van der Waals surface area contributed by atoms with Crippen molar-refractivity contribution in [1.82, 2.24) is 44.8 Å². The third-order valence-corrected chi connectivity index (χ3v) is 29.1. The van der Waals surface area contributed by atoms with Gasteiger partial charge in [-0.3, -0.25) is 14.5 Å². The molecule has 6 aliphatic heterocycles. The van der Waals surface area contributed by atoms with Crippen molar-refractivity contribution < 1.29 is 34.0 Å². The van der Waals surface area contributed by atoms with Gasteiger partial charge in [0.05, 0.1) is 36.2 Å². The summed E-state index contributed by atoms with van der Waals surface area (Å²) in [6.45, 7) is 13.6. The lowest BCUT2D eigenvalue weighted by atomic mass is 9.78. The lowest BCUT2D eigenvalue weighted by molar-refractivity contribution is -0.308. The van der Waals surface area contributed by atoms with E-state index in [1.807, 2.05) is 22.7 Å². The van der Waals surface area contributed by atoms with Gasteiger partial charge in [0.25, 0.3) is 0 Å². The Morgan fingerprint density at radius 2 is 0.804 bits per heavy atom. The number of allylic oxidation sites excluding steroid dienone is 4. The largest absolute Gasteiger partial charge is 0.875 e. The van der Waals surface area contributed by atoms with Gasteiger partial charge in [-0.25, -0.2) is 15.0 Å². The van der Waals surface area contributed by atoms with Crippen LogP contribution in [0, 0.1) is 11.8 Å². The third kappa shape index (κ3) is 19.7. The Bertz CT molecular complexity index is 3890. The summed E-state index contributed by atoms with van der Waals surface area (Å²) in [5, 5.41) is 26.2. The topological polar surface area (TPSA) is 172 Å². The Morgan fingerprint density at radius 3 is 1.19 bits per heavy atom. The molecule has 574 valence electrons. The van der Waals surface area contributed by atoms with Crippen LogP contribution < -0.4 is 24.6 Å². The summed E-state index contributed by atoms with van der Waals surface area (Å²) in [6, 6.07) is 28.4. The minimum absolute atomic E-state index is 0.0417. The molecule has 6 aromatic rings. The van der Waals surface area contributed by atoms with Gasteiger partial charge in [0.15, 0.2) is 11.6 Å². The van der Waals surface area contributed by atoms with Crippen LogP contribution in [0.4, 0.5) is 0 Å². The van der Waals surface area contributed by atoms with Crippen molar-refractivity contribution in [3.05, 3.63) is 128 Å².